The third-order valence-electron chi connectivity index (χ3n) is 5.79. The summed E-state index contributed by atoms with van der Waals surface area (Å²) < 4.78 is 19.9. The highest BCUT2D eigenvalue weighted by molar-refractivity contribution is 8.16. The van der Waals surface area contributed by atoms with Crippen molar-refractivity contribution in [3.63, 3.8) is 0 Å². The molecule has 3 aliphatic heterocycles. The number of nitrogens with zero attached hydrogens (tertiary/aromatic N) is 4. The van der Waals surface area contributed by atoms with Crippen molar-refractivity contribution in [2.24, 2.45) is 4.99 Å². The van der Waals surface area contributed by atoms with Crippen LogP contribution in [0.15, 0.2) is 51.6 Å². The van der Waals surface area contributed by atoms with Crippen molar-refractivity contribution in [2.75, 3.05) is 40.3 Å². The minimum Gasteiger partial charge on any atom is -0.466 e. The number of methoxy groups -OCH3 is 1. The topological polar surface area (TPSA) is 65.5 Å². The number of aliphatic imine (C=N–C) groups is 1. The van der Waals surface area contributed by atoms with Crippen molar-refractivity contribution >= 4 is 28.8 Å². The Bertz CT molecular complexity index is 998. The van der Waals surface area contributed by atoms with Gasteiger partial charge in [-0.1, -0.05) is 30.0 Å². The maximum Gasteiger partial charge on any atom is 0.338 e. The van der Waals surface area contributed by atoms with Crippen molar-refractivity contribution in [1.82, 2.24) is 14.7 Å². The van der Waals surface area contributed by atoms with Gasteiger partial charge in [0.25, 0.3) is 0 Å². The molecule has 4 rings (SSSR count). The number of hydrogen-bond donors (Lipinski definition) is 0. The van der Waals surface area contributed by atoms with Gasteiger partial charge in [0.05, 0.1) is 30.8 Å². The third kappa shape index (κ3) is 4.12. The fourth-order valence-corrected chi connectivity index (χ4v) is 5.02. The van der Waals surface area contributed by atoms with Crippen LogP contribution in [-0.4, -0.2) is 72.1 Å². The predicted molar refractivity (Wildman–Crippen MR) is 117 cm³/mol. The molecule has 0 saturated carbocycles. The van der Waals surface area contributed by atoms with E-state index in [0.29, 0.717) is 35.2 Å². The quantitative estimate of drug-likeness (QED) is 0.666. The van der Waals surface area contributed by atoms with Crippen LogP contribution in [0.25, 0.3) is 0 Å². The molecule has 1 saturated heterocycles. The van der Waals surface area contributed by atoms with E-state index in [2.05, 4.69) is 9.89 Å². The first-order chi connectivity index (χ1) is 14.9. The number of esters is 1. The summed E-state index contributed by atoms with van der Waals surface area (Å²) in [6.45, 7) is 4.75. The number of amides is 1. The van der Waals surface area contributed by atoms with Crippen LogP contribution in [0.5, 0.6) is 0 Å². The molecule has 0 bridgehead atoms. The average molecular weight is 445 g/mol. The van der Waals surface area contributed by atoms with Gasteiger partial charge in [-0.15, -0.1) is 0 Å². The lowest BCUT2D eigenvalue weighted by Gasteiger charge is -2.37. The molecule has 0 spiro atoms. The molecule has 1 aromatic rings. The van der Waals surface area contributed by atoms with Gasteiger partial charge in [-0.25, -0.2) is 14.2 Å². The minimum absolute atomic E-state index is 0.0133. The molecule has 3 heterocycles. The molecule has 0 aliphatic carbocycles. The van der Waals surface area contributed by atoms with E-state index in [9.17, 15) is 14.0 Å². The Kier molecular flexibility index (Phi) is 6.15. The monoisotopic (exact) mass is 444 g/mol. The van der Waals surface area contributed by atoms with E-state index >= 15 is 0 Å². The van der Waals surface area contributed by atoms with Crippen LogP contribution in [0, 0.1) is 5.82 Å². The molecule has 1 fully saturated rings. The molecule has 3 aliphatic rings. The summed E-state index contributed by atoms with van der Waals surface area (Å²) in [5.74, 6) is -0.973. The van der Waals surface area contributed by atoms with E-state index in [0.717, 1.165) is 13.1 Å². The summed E-state index contributed by atoms with van der Waals surface area (Å²) in [5.41, 5.74) is 1.81. The van der Waals surface area contributed by atoms with Crippen LogP contribution in [0.2, 0.25) is 0 Å². The van der Waals surface area contributed by atoms with E-state index < -0.39 is 17.8 Å². The van der Waals surface area contributed by atoms with Crippen molar-refractivity contribution in [3.8, 4) is 0 Å². The second kappa shape index (κ2) is 8.84. The first-order valence-electron chi connectivity index (χ1n) is 10.1. The largest absolute Gasteiger partial charge is 0.466 e. The Morgan fingerprint density at radius 2 is 1.94 bits per heavy atom. The number of fused-ring (bicyclic) bond motifs is 1. The van der Waals surface area contributed by atoms with Crippen LogP contribution in [0.1, 0.15) is 24.9 Å². The van der Waals surface area contributed by atoms with Crippen molar-refractivity contribution in [2.45, 2.75) is 19.4 Å². The number of likely N-dealkylation sites (N-methyl/N-ethyl adjacent to an activating group) is 1. The number of rotatable bonds is 4. The number of carbonyl (C=O) groups excluding carboxylic acids is 2. The smallest absolute Gasteiger partial charge is 0.338 e. The fraction of sp³-hybridized carbons (Fsp3) is 0.409. The number of ether oxygens (including phenoxy) is 1. The summed E-state index contributed by atoms with van der Waals surface area (Å²) in [7, 11) is 3.34. The van der Waals surface area contributed by atoms with Gasteiger partial charge in [0.2, 0.25) is 5.91 Å². The lowest BCUT2D eigenvalue weighted by atomic mass is 9.93. The van der Waals surface area contributed by atoms with E-state index in [1.165, 1.54) is 24.9 Å². The maximum atomic E-state index is 14.9. The molecule has 31 heavy (non-hydrogen) atoms. The van der Waals surface area contributed by atoms with Crippen LogP contribution >= 0.6 is 11.8 Å². The van der Waals surface area contributed by atoms with Gasteiger partial charge in [0, 0.05) is 37.4 Å². The fourth-order valence-electron chi connectivity index (χ4n) is 4.05. The molecule has 0 unspecified atom stereocenters. The molecular weight excluding hydrogens is 419 g/mol. The molecule has 1 amide bonds. The lowest BCUT2D eigenvalue weighted by Crippen LogP contribution is -2.47. The van der Waals surface area contributed by atoms with E-state index in [1.54, 1.807) is 30.0 Å². The zero-order valence-corrected chi connectivity index (χ0v) is 18.6. The maximum absolute atomic E-state index is 14.9. The number of allylic oxidation sites excluding steroid dienone is 1. The first-order valence-corrected chi connectivity index (χ1v) is 11.0. The highest BCUT2D eigenvalue weighted by Crippen LogP contribution is 2.45. The molecule has 0 radical (unpaired) electrons. The zero-order valence-electron chi connectivity index (χ0n) is 17.8. The molecule has 0 aromatic heterocycles. The summed E-state index contributed by atoms with van der Waals surface area (Å²) in [6.07, 6.45) is 0.161. The summed E-state index contributed by atoms with van der Waals surface area (Å²) in [6, 6.07) is 5.62. The highest BCUT2D eigenvalue weighted by atomic mass is 32.2. The average Bonchev–Trinajstić information content (AvgIpc) is 3.15. The van der Waals surface area contributed by atoms with Gasteiger partial charge >= 0.3 is 5.97 Å². The van der Waals surface area contributed by atoms with E-state index in [-0.39, 0.29) is 17.9 Å². The van der Waals surface area contributed by atoms with Gasteiger partial charge in [-0.05, 0) is 25.4 Å². The van der Waals surface area contributed by atoms with Crippen LogP contribution < -0.4 is 0 Å². The Morgan fingerprint density at radius 3 is 2.61 bits per heavy atom. The summed E-state index contributed by atoms with van der Waals surface area (Å²) >= 11 is 1.38. The zero-order chi connectivity index (χ0) is 22.1. The van der Waals surface area contributed by atoms with E-state index in [4.69, 9.17) is 4.74 Å². The second-order valence-electron chi connectivity index (χ2n) is 7.77. The Morgan fingerprint density at radius 1 is 1.23 bits per heavy atom. The number of piperazine rings is 1. The van der Waals surface area contributed by atoms with E-state index in [1.807, 2.05) is 17.4 Å². The predicted octanol–water partition coefficient (Wildman–Crippen LogP) is 2.74. The SMILES string of the molecule is COC(=O)C1=C(C)N=C2SC=C(CC(=O)N3CCN(C)CC3)N2[C@@H]1c1ccccc1F. The second-order valence-corrected chi connectivity index (χ2v) is 8.60. The standard InChI is InChI=1S/C22H25FN4O3S/c1-14-19(21(29)30-3)20(16-6-4-5-7-17(16)23)27-15(13-31-22(27)24-14)12-18(28)26-10-8-25(2)9-11-26/h4-7,13,20H,8-12H2,1-3H3/t20-/m1/s1. The minimum atomic E-state index is -0.748. The Labute approximate surface area is 185 Å². The lowest BCUT2D eigenvalue weighted by molar-refractivity contribution is -0.136. The highest BCUT2D eigenvalue weighted by Gasteiger charge is 2.42. The first kappa shape index (κ1) is 21.6. The molecule has 164 valence electrons. The van der Waals surface area contributed by atoms with Crippen molar-refractivity contribution in [3.05, 3.63) is 58.0 Å². The molecule has 0 N–H and O–H groups in total. The molecular formula is C22H25FN4O3S. The molecule has 1 atom stereocenters. The number of benzene rings is 1. The Hall–Kier alpha value is -2.65. The third-order valence-corrected chi connectivity index (χ3v) is 6.68. The molecule has 1 aromatic carbocycles. The number of halogens is 1. The summed E-state index contributed by atoms with van der Waals surface area (Å²) in [4.78, 5) is 36.1. The van der Waals surface area contributed by atoms with Gasteiger partial charge in [-0.3, -0.25) is 4.79 Å². The van der Waals surface area contributed by atoms with Crippen LogP contribution in [0.3, 0.4) is 0 Å². The molecule has 7 nitrogen and oxygen atoms in total. The number of hydrogen-bond acceptors (Lipinski definition) is 7. The molecule has 9 heteroatoms. The number of carbonyl (C=O) groups is 2. The number of thioether (sulfide) groups is 1. The van der Waals surface area contributed by atoms with Gasteiger partial charge < -0.3 is 19.4 Å². The Balaban J connectivity index is 1.68. The normalized spacial score (nSPS) is 21.6. The van der Waals surface area contributed by atoms with Gasteiger partial charge in [0.1, 0.15) is 5.82 Å². The van der Waals surface area contributed by atoms with Crippen molar-refractivity contribution in [1.29, 1.82) is 0 Å². The van der Waals surface area contributed by atoms with Crippen LogP contribution in [0.4, 0.5) is 4.39 Å². The van der Waals surface area contributed by atoms with Crippen molar-refractivity contribution < 1.29 is 18.7 Å². The number of amidine groups is 1. The van der Waals surface area contributed by atoms with Gasteiger partial charge in [0.15, 0.2) is 5.17 Å². The van der Waals surface area contributed by atoms with Gasteiger partial charge in [-0.2, -0.15) is 0 Å². The van der Waals surface area contributed by atoms with Crippen LogP contribution in [-0.2, 0) is 14.3 Å². The summed E-state index contributed by atoms with van der Waals surface area (Å²) in [5, 5.41) is 2.49.